The van der Waals surface area contributed by atoms with Gasteiger partial charge in [-0.1, -0.05) is 47.5 Å². The van der Waals surface area contributed by atoms with Gasteiger partial charge in [0.1, 0.15) is 0 Å². The molecule has 1 aliphatic rings. The summed E-state index contributed by atoms with van der Waals surface area (Å²) in [7, 11) is 0. The van der Waals surface area contributed by atoms with Crippen LogP contribution in [0.1, 0.15) is 16.7 Å². The molecule has 0 spiro atoms. The predicted octanol–water partition coefficient (Wildman–Crippen LogP) is 4.63. The van der Waals surface area contributed by atoms with Crippen molar-refractivity contribution in [1.29, 1.82) is 0 Å². The van der Waals surface area contributed by atoms with Crippen molar-refractivity contribution in [1.82, 2.24) is 0 Å². The number of terminal acetylenes is 1. The van der Waals surface area contributed by atoms with Gasteiger partial charge >= 0.3 is 0 Å². The molecule has 86 valence electrons. The predicted molar refractivity (Wildman–Crippen MR) is 78.4 cm³/mol. The van der Waals surface area contributed by atoms with E-state index in [1.54, 1.807) is 11.8 Å². The maximum absolute atomic E-state index is 5.67. The second kappa shape index (κ2) is 4.40. The first-order chi connectivity index (χ1) is 8.78. The number of hydrogen-bond acceptors (Lipinski definition) is 1. The van der Waals surface area contributed by atoms with E-state index in [0.29, 0.717) is 0 Å². The van der Waals surface area contributed by atoms with E-state index in [0.717, 1.165) is 5.57 Å². The van der Waals surface area contributed by atoms with Crippen molar-refractivity contribution in [3.05, 3.63) is 59.2 Å². The molecule has 0 radical (unpaired) electrons. The third-order valence-electron chi connectivity index (χ3n) is 3.02. The highest BCUT2D eigenvalue weighted by molar-refractivity contribution is 7.99. The van der Waals surface area contributed by atoms with Crippen LogP contribution >= 0.6 is 11.8 Å². The summed E-state index contributed by atoms with van der Waals surface area (Å²) in [6, 6.07) is 14.8. The second-order valence-electron chi connectivity index (χ2n) is 4.34. The average molecular weight is 248 g/mol. The van der Waals surface area contributed by atoms with E-state index in [9.17, 15) is 0 Å². The molecule has 1 aliphatic heterocycles. The number of aryl methyl sites for hydroxylation is 1. The summed E-state index contributed by atoms with van der Waals surface area (Å²) in [4.78, 5) is 2.49. The van der Waals surface area contributed by atoms with Crippen LogP contribution in [-0.4, -0.2) is 0 Å². The van der Waals surface area contributed by atoms with Crippen molar-refractivity contribution in [3.63, 3.8) is 0 Å². The lowest BCUT2D eigenvalue weighted by atomic mass is 10.0. The van der Waals surface area contributed by atoms with Crippen molar-refractivity contribution in [2.75, 3.05) is 0 Å². The minimum Gasteiger partial charge on any atom is -0.115 e. The highest BCUT2D eigenvalue weighted by Crippen LogP contribution is 2.40. The Bertz CT molecular complexity index is 687. The summed E-state index contributed by atoms with van der Waals surface area (Å²) in [6.07, 6.45) is 7.77. The maximum Gasteiger partial charge on any atom is 0.0332 e. The highest BCUT2D eigenvalue weighted by Gasteiger charge is 2.14. The van der Waals surface area contributed by atoms with Crippen LogP contribution in [0, 0.1) is 19.3 Å². The van der Waals surface area contributed by atoms with Crippen LogP contribution in [0.2, 0.25) is 0 Å². The van der Waals surface area contributed by atoms with Gasteiger partial charge < -0.3 is 0 Å². The molecule has 0 aromatic heterocycles. The smallest absolute Gasteiger partial charge is 0.0332 e. The maximum atomic E-state index is 5.67. The molecule has 1 heteroatoms. The van der Waals surface area contributed by atoms with E-state index in [-0.39, 0.29) is 0 Å². The van der Waals surface area contributed by atoms with Crippen LogP contribution in [0.5, 0.6) is 0 Å². The Morgan fingerprint density at radius 3 is 2.72 bits per heavy atom. The average Bonchev–Trinajstić information content (AvgIpc) is 2.54. The van der Waals surface area contributed by atoms with Crippen LogP contribution in [-0.2, 0) is 0 Å². The first kappa shape index (κ1) is 11.2. The summed E-state index contributed by atoms with van der Waals surface area (Å²) in [5.41, 5.74) is 4.57. The Labute approximate surface area is 112 Å². The van der Waals surface area contributed by atoms with E-state index in [2.05, 4.69) is 55.3 Å². The quantitative estimate of drug-likeness (QED) is 0.612. The van der Waals surface area contributed by atoms with Gasteiger partial charge in [-0.3, -0.25) is 0 Å². The first-order valence-corrected chi connectivity index (χ1v) is 6.66. The summed E-state index contributed by atoms with van der Waals surface area (Å²) >= 11 is 1.78. The fourth-order valence-corrected chi connectivity index (χ4v) is 3.15. The van der Waals surface area contributed by atoms with E-state index in [1.807, 2.05) is 6.07 Å². The number of rotatable bonds is 0. The topological polar surface area (TPSA) is 0 Å². The molecule has 2 aromatic rings. The Hall–Kier alpha value is -1.91. The Kier molecular flexibility index (Phi) is 2.74. The van der Waals surface area contributed by atoms with Gasteiger partial charge in [0.15, 0.2) is 0 Å². The monoisotopic (exact) mass is 248 g/mol. The lowest BCUT2D eigenvalue weighted by Gasteiger charge is -2.07. The Morgan fingerprint density at radius 2 is 1.89 bits per heavy atom. The van der Waals surface area contributed by atoms with E-state index in [1.165, 1.54) is 26.5 Å². The SMILES string of the molecule is C#CC1=Cc2ccccc2Sc2ccc(C)cc21. The van der Waals surface area contributed by atoms with Gasteiger partial charge in [-0.2, -0.15) is 0 Å². The largest absolute Gasteiger partial charge is 0.115 e. The minimum absolute atomic E-state index is 0.964. The minimum atomic E-state index is 0.964. The molecule has 18 heavy (non-hydrogen) atoms. The van der Waals surface area contributed by atoms with Crippen molar-refractivity contribution >= 4 is 23.4 Å². The molecule has 0 nitrogen and oxygen atoms in total. The lowest BCUT2D eigenvalue weighted by molar-refractivity contribution is 1.34. The van der Waals surface area contributed by atoms with Gasteiger partial charge in [0, 0.05) is 20.9 Å². The summed E-state index contributed by atoms with van der Waals surface area (Å²) < 4.78 is 0. The molecule has 0 N–H and O–H groups in total. The number of hydrogen-bond donors (Lipinski definition) is 0. The molecule has 0 saturated carbocycles. The van der Waals surface area contributed by atoms with Gasteiger partial charge in [0.25, 0.3) is 0 Å². The third-order valence-corrected chi connectivity index (χ3v) is 4.19. The normalized spacial score (nSPS) is 12.8. The highest BCUT2D eigenvalue weighted by atomic mass is 32.2. The summed E-state index contributed by atoms with van der Waals surface area (Å²) in [5, 5.41) is 0. The molecule has 2 aromatic carbocycles. The molecule has 0 saturated heterocycles. The van der Waals surface area contributed by atoms with E-state index in [4.69, 9.17) is 6.42 Å². The first-order valence-electron chi connectivity index (χ1n) is 5.84. The molecule has 3 rings (SSSR count). The van der Waals surface area contributed by atoms with Gasteiger partial charge in [-0.05, 0) is 36.8 Å². The molecular formula is C17H12S. The lowest BCUT2D eigenvalue weighted by Crippen LogP contribution is -1.85. The molecule has 0 bridgehead atoms. The molecule has 1 heterocycles. The van der Waals surface area contributed by atoms with Gasteiger partial charge in [0.2, 0.25) is 0 Å². The Balaban J connectivity index is 2.29. The molecule has 0 amide bonds. The van der Waals surface area contributed by atoms with Crippen LogP contribution in [0.3, 0.4) is 0 Å². The van der Waals surface area contributed by atoms with Gasteiger partial charge in [-0.25, -0.2) is 0 Å². The van der Waals surface area contributed by atoms with Crippen LogP contribution < -0.4 is 0 Å². The van der Waals surface area contributed by atoms with Crippen LogP contribution in [0.15, 0.2) is 52.3 Å². The second-order valence-corrected chi connectivity index (χ2v) is 5.43. The zero-order chi connectivity index (χ0) is 12.5. The van der Waals surface area contributed by atoms with Crippen molar-refractivity contribution in [2.24, 2.45) is 0 Å². The summed E-state index contributed by atoms with van der Waals surface area (Å²) in [5.74, 6) is 2.82. The van der Waals surface area contributed by atoms with E-state index < -0.39 is 0 Å². The molecular weight excluding hydrogens is 236 g/mol. The molecule has 0 atom stereocenters. The molecule has 0 unspecified atom stereocenters. The third kappa shape index (κ3) is 1.85. The van der Waals surface area contributed by atoms with Crippen molar-refractivity contribution in [3.8, 4) is 12.3 Å². The van der Waals surface area contributed by atoms with Gasteiger partial charge in [0.05, 0.1) is 0 Å². The fraction of sp³-hybridized carbons (Fsp3) is 0.0588. The fourth-order valence-electron chi connectivity index (χ4n) is 2.11. The Morgan fingerprint density at radius 1 is 1.06 bits per heavy atom. The van der Waals surface area contributed by atoms with Crippen LogP contribution in [0.25, 0.3) is 11.6 Å². The number of allylic oxidation sites excluding steroid dienone is 1. The number of fused-ring (bicyclic) bond motifs is 2. The summed E-state index contributed by atoms with van der Waals surface area (Å²) in [6.45, 7) is 2.09. The molecule has 0 aliphatic carbocycles. The molecule has 0 fully saturated rings. The van der Waals surface area contributed by atoms with Crippen molar-refractivity contribution < 1.29 is 0 Å². The van der Waals surface area contributed by atoms with Gasteiger partial charge in [-0.15, -0.1) is 6.42 Å². The number of benzene rings is 2. The standard InChI is InChI=1S/C17H12S/c1-3-13-11-14-6-4-5-7-16(14)18-17-9-8-12(2)10-15(13)17/h1,4-11H,2H3. The zero-order valence-corrected chi connectivity index (χ0v) is 10.9. The zero-order valence-electron chi connectivity index (χ0n) is 10.1. The van der Waals surface area contributed by atoms with Crippen molar-refractivity contribution in [2.45, 2.75) is 16.7 Å². The van der Waals surface area contributed by atoms with Crippen LogP contribution in [0.4, 0.5) is 0 Å². The van der Waals surface area contributed by atoms with E-state index >= 15 is 0 Å².